The molecule has 27 heteroatoms. The highest BCUT2D eigenvalue weighted by atomic mass is 79.9. The second kappa shape index (κ2) is 29.5. The predicted octanol–water partition coefficient (Wildman–Crippen LogP) is 8.32. The van der Waals surface area contributed by atoms with E-state index < -0.39 is 91.1 Å². The van der Waals surface area contributed by atoms with E-state index in [2.05, 4.69) is 26.2 Å². The molecule has 1 spiro atoms. The minimum Gasteiger partial charge on any atom is -0.487 e. The first kappa shape index (κ1) is 63.4. The van der Waals surface area contributed by atoms with Crippen LogP contribution in [0.4, 0.5) is 4.79 Å². The summed E-state index contributed by atoms with van der Waals surface area (Å²) < 4.78 is 88.3. The summed E-state index contributed by atoms with van der Waals surface area (Å²) in [5.41, 5.74) is 0.196. The van der Waals surface area contributed by atoms with Gasteiger partial charge >= 0.3 is 41.6 Å². The Labute approximate surface area is 510 Å². The fourth-order valence-electron chi connectivity index (χ4n) is 9.92. The van der Waals surface area contributed by atoms with Crippen LogP contribution in [0.3, 0.4) is 0 Å². The van der Waals surface area contributed by atoms with Gasteiger partial charge in [-0.15, -0.1) is 16.7 Å². The van der Waals surface area contributed by atoms with E-state index >= 15 is 0 Å². The van der Waals surface area contributed by atoms with E-state index in [1.807, 2.05) is 0 Å². The number of esters is 5. The molecule has 0 saturated carbocycles. The van der Waals surface area contributed by atoms with Crippen molar-refractivity contribution in [3.8, 4) is 28.7 Å². The van der Waals surface area contributed by atoms with Crippen molar-refractivity contribution in [2.45, 2.75) is 109 Å². The number of carbonyl (C=O) groups excluding carboxylic acids is 6. The van der Waals surface area contributed by atoms with Crippen molar-refractivity contribution >= 4 is 74.5 Å². The van der Waals surface area contributed by atoms with Gasteiger partial charge in [-0.1, -0.05) is 36.3 Å². The summed E-state index contributed by atoms with van der Waals surface area (Å²) in [7, 11) is 0. The normalized spacial score (nSPS) is 19.0. The molecule has 87 heavy (non-hydrogen) atoms. The van der Waals surface area contributed by atoms with E-state index in [1.165, 1.54) is 24.3 Å². The zero-order chi connectivity index (χ0) is 61.6. The van der Waals surface area contributed by atoms with Crippen molar-refractivity contribution in [2.24, 2.45) is 0 Å². The summed E-state index contributed by atoms with van der Waals surface area (Å²) in [5, 5.41) is 8.71. The summed E-state index contributed by atoms with van der Waals surface area (Å²) in [6.07, 6.45) is -2.65. The quantitative estimate of drug-likeness (QED) is 0.0111. The fourth-order valence-corrected chi connectivity index (χ4v) is 10.5. The Morgan fingerprint density at radius 2 is 1.36 bits per heavy atom. The SMILES string of the molecule is CC(=O)OC[C@H]1O[C@@H](Oc2cc3oc(=O)cc(COC(=O)Oc4ccc5c(c4)Oc4cc(OCc6cn(CCOCCOCCOCCCCCCCl)nn6)ccc4C54OC(=O)c5ccccc54)c3cc2Br)[C@H](OC(C)=O)[C@@H](OC(C)=O)[C@H]1OC(C)=O. The third-order valence-corrected chi connectivity index (χ3v) is 14.5. The maximum atomic E-state index is 13.6. The van der Waals surface area contributed by atoms with Crippen LogP contribution >= 0.6 is 27.5 Å². The van der Waals surface area contributed by atoms with E-state index in [4.69, 9.17) is 82.3 Å². The highest BCUT2D eigenvalue weighted by molar-refractivity contribution is 9.10. The lowest BCUT2D eigenvalue weighted by Gasteiger charge is -2.44. The molecule has 5 heterocycles. The number of nitrogens with zero attached hydrogens (tertiary/aromatic N) is 3. The molecule has 0 radical (unpaired) electrons. The van der Waals surface area contributed by atoms with E-state index in [-0.39, 0.29) is 50.6 Å². The average molecular weight is 1290 g/mol. The molecule has 1 fully saturated rings. The number of alkyl halides is 1. The molecule has 2 aromatic heterocycles. The zero-order valence-electron chi connectivity index (χ0n) is 47.7. The molecule has 6 atom stereocenters. The summed E-state index contributed by atoms with van der Waals surface area (Å²) in [6.45, 7) is 6.86. The van der Waals surface area contributed by atoms with Crippen molar-refractivity contribution in [2.75, 3.05) is 52.1 Å². The first-order valence-electron chi connectivity index (χ1n) is 27.7. The molecule has 0 N–H and O–H groups in total. The molecule has 0 bridgehead atoms. The van der Waals surface area contributed by atoms with Crippen LogP contribution in [0.25, 0.3) is 11.0 Å². The molecule has 1 saturated heterocycles. The number of ether oxygens (including phenoxy) is 14. The van der Waals surface area contributed by atoms with Crippen LogP contribution in [-0.2, 0) is 91.9 Å². The highest BCUT2D eigenvalue weighted by Gasteiger charge is 2.55. The number of aromatic nitrogens is 3. The predicted molar refractivity (Wildman–Crippen MR) is 304 cm³/mol. The lowest BCUT2D eigenvalue weighted by molar-refractivity contribution is -0.288. The van der Waals surface area contributed by atoms with Crippen LogP contribution in [0, 0.1) is 0 Å². The van der Waals surface area contributed by atoms with Gasteiger partial charge in [0.05, 0.1) is 55.8 Å². The molecule has 0 aliphatic carbocycles. The van der Waals surface area contributed by atoms with Crippen LogP contribution in [-0.4, -0.2) is 134 Å². The number of halogens is 2. The van der Waals surface area contributed by atoms with Gasteiger partial charge in [0.25, 0.3) is 0 Å². The van der Waals surface area contributed by atoms with Crippen molar-refractivity contribution in [3.63, 3.8) is 0 Å². The Kier molecular flexibility index (Phi) is 21.5. The molecular formula is C60H61BrClN3O22. The van der Waals surface area contributed by atoms with Gasteiger partial charge in [-0.3, -0.25) is 19.2 Å². The lowest BCUT2D eigenvalue weighted by atomic mass is 9.77. The van der Waals surface area contributed by atoms with Crippen molar-refractivity contribution in [1.29, 1.82) is 0 Å². The Balaban J connectivity index is 0.850. The topological polar surface area (TPSA) is 293 Å². The highest BCUT2D eigenvalue weighted by Crippen LogP contribution is 2.57. The summed E-state index contributed by atoms with van der Waals surface area (Å²) >= 11 is 9.17. The van der Waals surface area contributed by atoms with Crippen LogP contribution in [0.5, 0.6) is 28.7 Å². The van der Waals surface area contributed by atoms with Crippen molar-refractivity contribution in [3.05, 3.63) is 133 Å². The van der Waals surface area contributed by atoms with Gasteiger partial charge < -0.3 is 70.7 Å². The number of carbonyl (C=O) groups is 6. The number of fused-ring (bicyclic) bond motifs is 7. The van der Waals surface area contributed by atoms with Crippen molar-refractivity contribution in [1.82, 2.24) is 15.0 Å². The third-order valence-electron chi connectivity index (χ3n) is 13.6. The summed E-state index contributed by atoms with van der Waals surface area (Å²) in [5.74, 6) is -2.32. The fraction of sp³-hybridized carbons (Fsp3) is 0.417. The molecule has 0 amide bonds. The summed E-state index contributed by atoms with van der Waals surface area (Å²) in [4.78, 5) is 89.0. The van der Waals surface area contributed by atoms with E-state index in [1.54, 1.807) is 59.4 Å². The molecule has 4 aromatic carbocycles. The lowest BCUT2D eigenvalue weighted by Crippen LogP contribution is -2.63. The molecule has 6 aromatic rings. The molecule has 25 nitrogen and oxygen atoms in total. The Bertz CT molecular complexity index is 3540. The Hall–Kier alpha value is -8.14. The second-order valence-electron chi connectivity index (χ2n) is 19.9. The van der Waals surface area contributed by atoms with E-state index in [0.717, 1.165) is 59.4 Å². The Morgan fingerprint density at radius 3 is 2.08 bits per heavy atom. The second-order valence-corrected chi connectivity index (χ2v) is 21.2. The summed E-state index contributed by atoms with van der Waals surface area (Å²) in [6, 6.07) is 20.6. The van der Waals surface area contributed by atoms with Crippen LogP contribution < -0.4 is 24.6 Å². The van der Waals surface area contributed by atoms with Gasteiger partial charge in [0.1, 0.15) is 65.9 Å². The molecule has 3 aliphatic heterocycles. The number of unbranched alkanes of at least 4 members (excludes halogenated alkanes) is 3. The number of hydrogen-bond acceptors (Lipinski definition) is 24. The van der Waals surface area contributed by atoms with E-state index in [0.29, 0.717) is 85.8 Å². The van der Waals surface area contributed by atoms with Gasteiger partial charge in [-0.25, -0.2) is 19.1 Å². The molecule has 462 valence electrons. The Morgan fingerprint density at radius 1 is 0.690 bits per heavy atom. The van der Waals surface area contributed by atoms with Crippen molar-refractivity contribution < 1.29 is 99.5 Å². The smallest absolute Gasteiger partial charge is 0.487 e. The zero-order valence-corrected chi connectivity index (χ0v) is 50.0. The molecule has 9 rings (SSSR count). The maximum absolute atomic E-state index is 13.6. The number of benzene rings is 4. The molecule has 3 aliphatic rings. The average Bonchev–Trinajstić information content (AvgIpc) is 1.66. The van der Waals surface area contributed by atoms with Gasteiger partial charge in [0, 0.05) is 92.1 Å². The molecular weight excluding hydrogens is 1230 g/mol. The van der Waals surface area contributed by atoms with Gasteiger partial charge in [-0.2, -0.15) is 0 Å². The van der Waals surface area contributed by atoms with Gasteiger partial charge in [-0.05, 0) is 65.2 Å². The standard InChI is InChI=1S/C60H61BrClN3O22/c1-34(66)76-33-52-54(79-35(2)67)55(80-36(3)68)56(81-37(4)69)58(86-52)85-51-29-48-43(28-47(51)61)38(25-53(70)84-48)31-78-59(72)82-41-14-16-46-50(27-41)83-49-26-40(13-15-45(49)60(46)44-12-8-7-11-42(44)57(71)87-60)77-32-39-30-65(64-63-39)18-20-74-22-24-75-23-21-73-19-10-6-5-9-17-62/h7-8,11-16,25-30,52,54-56,58H,5-6,9-10,17-24,31-33H2,1-4H3/t52-,54+,55+,56-,58-,60?/m1/s1. The van der Waals surface area contributed by atoms with Gasteiger partial charge in [0.2, 0.25) is 12.4 Å². The third kappa shape index (κ3) is 15.9. The van der Waals surface area contributed by atoms with Crippen LogP contribution in [0.1, 0.15) is 91.7 Å². The van der Waals surface area contributed by atoms with Gasteiger partial charge in [0.15, 0.2) is 17.8 Å². The van der Waals surface area contributed by atoms with E-state index in [9.17, 15) is 33.6 Å². The van der Waals surface area contributed by atoms with Crippen LogP contribution in [0.15, 0.2) is 98.7 Å². The first-order valence-corrected chi connectivity index (χ1v) is 29.0. The monoisotopic (exact) mass is 1290 g/mol. The number of hydrogen-bond donors (Lipinski definition) is 0. The number of rotatable bonds is 28. The van der Waals surface area contributed by atoms with Crippen LogP contribution in [0.2, 0.25) is 0 Å². The maximum Gasteiger partial charge on any atom is 0.514 e. The minimum absolute atomic E-state index is 0.0189. The minimum atomic E-state index is -1.62. The largest absolute Gasteiger partial charge is 0.514 e. The molecule has 1 unspecified atom stereocenters. The first-order chi connectivity index (χ1) is 42.0.